The molecule has 0 radical (unpaired) electrons. The van der Waals surface area contributed by atoms with Crippen molar-refractivity contribution in [2.45, 2.75) is 19.2 Å². The predicted octanol–water partition coefficient (Wildman–Crippen LogP) is 3.32. The lowest BCUT2D eigenvalue weighted by Gasteiger charge is -2.07. The van der Waals surface area contributed by atoms with Crippen molar-refractivity contribution in [1.82, 2.24) is 0 Å². The quantitative estimate of drug-likeness (QED) is 0.825. The Morgan fingerprint density at radius 2 is 2.21 bits per heavy atom. The predicted molar refractivity (Wildman–Crippen MR) is 62.8 cm³/mol. The molecule has 0 aliphatic carbocycles. The maximum Gasteiger partial charge on any atom is 0.242 e. The topological polar surface area (TPSA) is 29.1 Å². The number of hydrogen-bond donors (Lipinski definition) is 1. The minimum atomic E-state index is -0.518. The van der Waals surface area contributed by atoms with E-state index in [0.717, 1.165) is 15.7 Å². The van der Waals surface area contributed by atoms with E-state index in [2.05, 4.69) is 21.2 Å². The van der Waals surface area contributed by atoms with E-state index in [1.54, 1.807) is 6.92 Å². The Labute approximate surface area is 96.8 Å². The van der Waals surface area contributed by atoms with Crippen molar-refractivity contribution in [1.29, 1.82) is 0 Å². The third kappa shape index (κ3) is 3.00. The Morgan fingerprint density at radius 3 is 2.71 bits per heavy atom. The fraction of sp³-hybridized carbons (Fsp3) is 0.300. The molecule has 1 amide bonds. The van der Waals surface area contributed by atoms with Gasteiger partial charge in [-0.2, -0.15) is 0 Å². The summed E-state index contributed by atoms with van der Waals surface area (Å²) in [7, 11) is 0. The van der Waals surface area contributed by atoms with Gasteiger partial charge < -0.3 is 5.32 Å². The lowest BCUT2D eigenvalue weighted by atomic mass is 10.2. The second kappa shape index (κ2) is 4.80. The summed E-state index contributed by atoms with van der Waals surface area (Å²) in [5, 5.41) is 2.19. The number of anilines is 1. The second-order valence-corrected chi connectivity index (χ2v) is 4.58. The van der Waals surface area contributed by atoms with E-state index < -0.39 is 5.38 Å². The van der Waals surface area contributed by atoms with Crippen LogP contribution >= 0.6 is 27.5 Å². The highest BCUT2D eigenvalue weighted by Crippen LogP contribution is 2.20. The first-order valence-electron chi connectivity index (χ1n) is 4.22. The van der Waals surface area contributed by atoms with E-state index in [1.807, 2.05) is 25.1 Å². The molecule has 76 valence electrons. The third-order valence-electron chi connectivity index (χ3n) is 1.80. The van der Waals surface area contributed by atoms with Crippen molar-refractivity contribution in [2.75, 3.05) is 5.32 Å². The van der Waals surface area contributed by atoms with Crippen molar-refractivity contribution in [3.8, 4) is 0 Å². The van der Waals surface area contributed by atoms with Crippen LogP contribution < -0.4 is 5.32 Å². The highest BCUT2D eigenvalue weighted by Gasteiger charge is 2.09. The minimum absolute atomic E-state index is 0.192. The Hall–Kier alpha value is -0.540. The van der Waals surface area contributed by atoms with Gasteiger partial charge in [0.05, 0.1) is 0 Å². The summed E-state index contributed by atoms with van der Waals surface area (Å²) in [6.45, 7) is 3.62. The summed E-state index contributed by atoms with van der Waals surface area (Å²) in [4.78, 5) is 11.3. The van der Waals surface area contributed by atoms with Gasteiger partial charge in [0.1, 0.15) is 5.38 Å². The number of aryl methyl sites for hydroxylation is 1. The minimum Gasteiger partial charge on any atom is -0.325 e. The van der Waals surface area contributed by atoms with Crippen LogP contribution in [0.2, 0.25) is 0 Å². The fourth-order valence-electron chi connectivity index (χ4n) is 0.912. The molecular formula is C10H11BrClNO. The number of nitrogens with one attached hydrogen (secondary N) is 1. The Kier molecular flexibility index (Phi) is 3.96. The average molecular weight is 277 g/mol. The summed E-state index contributed by atoms with van der Waals surface area (Å²) >= 11 is 9.01. The fourth-order valence-corrected chi connectivity index (χ4v) is 1.35. The molecule has 0 unspecified atom stereocenters. The van der Waals surface area contributed by atoms with Crippen LogP contribution in [0, 0.1) is 6.92 Å². The van der Waals surface area contributed by atoms with Crippen molar-refractivity contribution < 1.29 is 4.79 Å². The summed E-state index contributed by atoms with van der Waals surface area (Å²) in [5.41, 5.74) is 1.88. The van der Waals surface area contributed by atoms with Gasteiger partial charge in [-0.05, 0) is 31.5 Å². The maximum atomic E-state index is 11.3. The van der Waals surface area contributed by atoms with E-state index in [0.29, 0.717) is 0 Å². The van der Waals surface area contributed by atoms with Gasteiger partial charge in [-0.25, -0.2) is 0 Å². The van der Waals surface area contributed by atoms with Gasteiger partial charge in [0.2, 0.25) is 5.91 Å². The molecule has 1 rings (SSSR count). The molecule has 0 saturated heterocycles. The molecule has 1 N–H and O–H groups in total. The molecular weight excluding hydrogens is 265 g/mol. The van der Waals surface area contributed by atoms with E-state index in [9.17, 15) is 4.79 Å². The first-order valence-corrected chi connectivity index (χ1v) is 5.44. The molecule has 14 heavy (non-hydrogen) atoms. The van der Waals surface area contributed by atoms with E-state index in [1.165, 1.54) is 0 Å². The number of hydrogen-bond acceptors (Lipinski definition) is 1. The van der Waals surface area contributed by atoms with Gasteiger partial charge in [0.25, 0.3) is 0 Å². The number of carbonyl (C=O) groups is 1. The summed E-state index contributed by atoms with van der Waals surface area (Å²) in [6, 6.07) is 5.63. The van der Waals surface area contributed by atoms with Crippen LogP contribution in [0.25, 0.3) is 0 Å². The van der Waals surface area contributed by atoms with Gasteiger partial charge in [0, 0.05) is 10.2 Å². The molecule has 1 aromatic rings. The number of halogens is 2. The van der Waals surface area contributed by atoms with Crippen molar-refractivity contribution in [3.63, 3.8) is 0 Å². The molecule has 0 heterocycles. The maximum absolute atomic E-state index is 11.3. The van der Waals surface area contributed by atoms with Crippen LogP contribution in [-0.2, 0) is 4.79 Å². The molecule has 0 aromatic heterocycles. The molecule has 1 atom stereocenters. The Balaban J connectivity index is 2.78. The zero-order valence-corrected chi connectivity index (χ0v) is 10.3. The van der Waals surface area contributed by atoms with E-state index in [4.69, 9.17) is 11.6 Å². The highest BCUT2D eigenvalue weighted by molar-refractivity contribution is 9.10. The lowest BCUT2D eigenvalue weighted by Crippen LogP contribution is -2.20. The zero-order chi connectivity index (χ0) is 10.7. The molecule has 0 bridgehead atoms. The standard InChI is InChI=1S/C10H11BrClNO/c1-6-3-4-8(5-9(6)11)13-10(14)7(2)12/h3-5,7H,1-2H3,(H,13,14)/t7-/m0/s1. The Bertz CT molecular complexity index is 352. The number of benzene rings is 1. The summed E-state index contributed by atoms with van der Waals surface area (Å²) in [6.07, 6.45) is 0. The van der Waals surface area contributed by atoms with Crippen LogP contribution in [0.1, 0.15) is 12.5 Å². The van der Waals surface area contributed by atoms with Gasteiger partial charge in [-0.3, -0.25) is 4.79 Å². The normalized spacial score (nSPS) is 12.3. The number of carbonyl (C=O) groups excluding carboxylic acids is 1. The van der Waals surface area contributed by atoms with Gasteiger partial charge in [-0.15, -0.1) is 11.6 Å². The molecule has 0 aliphatic rings. The Morgan fingerprint density at radius 1 is 1.57 bits per heavy atom. The number of alkyl halides is 1. The average Bonchev–Trinajstić information content (AvgIpc) is 2.11. The highest BCUT2D eigenvalue weighted by atomic mass is 79.9. The smallest absolute Gasteiger partial charge is 0.242 e. The molecule has 4 heteroatoms. The lowest BCUT2D eigenvalue weighted by molar-refractivity contribution is -0.115. The molecule has 1 aromatic carbocycles. The first-order chi connectivity index (χ1) is 6.50. The second-order valence-electron chi connectivity index (χ2n) is 3.07. The molecule has 0 aliphatic heterocycles. The molecule has 0 fully saturated rings. The van der Waals surface area contributed by atoms with Crippen LogP contribution in [-0.4, -0.2) is 11.3 Å². The van der Waals surface area contributed by atoms with Crippen LogP contribution in [0.4, 0.5) is 5.69 Å². The first kappa shape index (κ1) is 11.5. The largest absolute Gasteiger partial charge is 0.325 e. The summed E-state index contributed by atoms with van der Waals surface area (Å²) < 4.78 is 0.970. The van der Waals surface area contributed by atoms with Crippen molar-refractivity contribution in [3.05, 3.63) is 28.2 Å². The number of rotatable bonds is 2. The van der Waals surface area contributed by atoms with E-state index >= 15 is 0 Å². The zero-order valence-electron chi connectivity index (χ0n) is 7.97. The monoisotopic (exact) mass is 275 g/mol. The van der Waals surface area contributed by atoms with Crippen LogP contribution in [0.5, 0.6) is 0 Å². The molecule has 0 saturated carbocycles. The van der Waals surface area contributed by atoms with Gasteiger partial charge in [-0.1, -0.05) is 22.0 Å². The number of amides is 1. The molecule has 2 nitrogen and oxygen atoms in total. The van der Waals surface area contributed by atoms with Gasteiger partial charge in [0.15, 0.2) is 0 Å². The summed E-state index contributed by atoms with van der Waals surface area (Å²) in [5.74, 6) is -0.192. The van der Waals surface area contributed by atoms with Crippen molar-refractivity contribution >= 4 is 39.1 Å². The molecule has 0 spiro atoms. The van der Waals surface area contributed by atoms with Crippen molar-refractivity contribution in [2.24, 2.45) is 0 Å². The van der Waals surface area contributed by atoms with Crippen LogP contribution in [0.3, 0.4) is 0 Å². The third-order valence-corrected chi connectivity index (χ3v) is 2.85. The SMILES string of the molecule is Cc1ccc(NC(=O)[C@H](C)Cl)cc1Br. The van der Waals surface area contributed by atoms with Crippen LogP contribution in [0.15, 0.2) is 22.7 Å². The van der Waals surface area contributed by atoms with E-state index in [-0.39, 0.29) is 5.91 Å². The van der Waals surface area contributed by atoms with Gasteiger partial charge >= 0.3 is 0 Å².